The first kappa shape index (κ1) is 13.8. The quantitative estimate of drug-likeness (QED) is 0.654. The second kappa shape index (κ2) is 6.53. The van der Waals surface area contributed by atoms with Crippen molar-refractivity contribution in [3.05, 3.63) is 29.3 Å². The predicted molar refractivity (Wildman–Crippen MR) is 79.5 cm³/mol. The number of rotatable bonds is 5. The van der Waals surface area contributed by atoms with Crippen molar-refractivity contribution < 1.29 is 4.79 Å². The predicted octanol–water partition coefficient (Wildman–Crippen LogP) is 2.55. The van der Waals surface area contributed by atoms with Gasteiger partial charge in [0.25, 0.3) is 0 Å². The maximum Gasteiger partial charge on any atom is 0.225 e. The summed E-state index contributed by atoms with van der Waals surface area (Å²) < 4.78 is 0.882. The zero-order valence-electron chi connectivity index (χ0n) is 10.4. The van der Waals surface area contributed by atoms with Gasteiger partial charge in [-0.1, -0.05) is 29.2 Å². The number of amides is 1. The van der Waals surface area contributed by atoms with Crippen molar-refractivity contribution in [3.63, 3.8) is 0 Å². The summed E-state index contributed by atoms with van der Waals surface area (Å²) >= 11 is 3.01. The van der Waals surface area contributed by atoms with E-state index < -0.39 is 0 Å². The van der Waals surface area contributed by atoms with Gasteiger partial charge >= 0.3 is 0 Å². The second-order valence-corrected chi connectivity index (χ2v) is 6.05. The molecule has 7 heteroatoms. The van der Waals surface area contributed by atoms with Crippen LogP contribution < -0.4 is 11.1 Å². The molecule has 3 N–H and O–H groups in total. The number of carbonyl (C=O) groups is 1. The van der Waals surface area contributed by atoms with Crippen LogP contribution in [0.2, 0.25) is 0 Å². The van der Waals surface area contributed by atoms with Gasteiger partial charge in [-0.25, -0.2) is 0 Å². The van der Waals surface area contributed by atoms with Gasteiger partial charge in [-0.15, -0.1) is 10.2 Å². The molecule has 0 saturated heterocycles. The zero-order chi connectivity index (χ0) is 13.7. The first-order valence-corrected chi connectivity index (χ1v) is 7.57. The molecule has 0 fully saturated rings. The summed E-state index contributed by atoms with van der Waals surface area (Å²) in [6, 6.07) is 5.49. The Balaban J connectivity index is 1.82. The zero-order valence-corrected chi connectivity index (χ0v) is 12.1. The molecule has 2 rings (SSSR count). The van der Waals surface area contributed by atoms with Gasteiger partial charge in [0.05, 0.1) is 0 Å². The number of thioether (sulfide) groups is 1. The summed E-state index contributed by atoms with van der Waals surface area (Å²) in [5.41, 5.74) is 9.82. The van der Waals surface area contributed by atoms with E-state index in [0.29, 0.717) is 17.9 Å². The number of nitrogen functional groups attached to an aromatic ring is 1. The Bertz CT molecular complexity index is 557. The number of nitrogens with one attached hydrogen (secondary N) is 1. The van der Waals surface area contributed by atoms with Crippen molar-refractivity contribution >= 4 is 40.4 Å². The van der Waals surface area contributed by atoms with Gasteiger partial charge in [-0.3, -0.25) is 4.79 Å². The van der Waals surface area contributed by atoms with E-state index in [1.807, 2.05) is 25.1 Å². The highest BCUT2D eigenvalue weighted by molar-refractivity contribution is 8.01. The van der Waals surface area contributed by atoms with Gasteiger partial charge in [0.2, 0.25) is 5.91 Å². The summed E-state index contributed by atoms with van der Waals surface area (Å²) in [6.07, 6.45) is 0.429. The van der Waals surface area contributed by atoms with Gasteiger partial charge in [0, 0.05) is 23.5 Å². The van der Waals surface area contributed by atoms with Crippen LogP contribution in [0.5, 0.6) is 0 Å². The largest absolute Gasteiger partial charge is 0.398 e. The summed E-state index contributed by atoms with van der Waals surface area (Å²) in [5, 5.41) is 10.5. The van der Waals surface area contributed by atoms with E-state index in [-0.39, 0.29) is 5.91 Å². The average Bonchev–Trinajstić information content (AvgIpc) is 2.88. The number of nitrogens with zero attached hydrogens (tertiary/aromatic N) is 2. The lowest BCUT2D eigenvalue weighted by molar-refractivity contribution is -0.115. The Kier molecular flexibility index (Phi) is 4.75. The number of anilines is 2. The fourth-order valence-electron chi connectivity index (χ4n) is 1.46. The Morgan fingerprint density at radius 2 is 2.37 bits per heavy atom. The molecule has 0 spiro atoms. The van der Waals surface area contributed by atoms with Gasteiger partial charge in [0.15, 0.2) is 4.34 Å². The van der Waals surface area contributed by atoms with Crippen molar-refractivity contribution in [1.82, 2.24) is 10.2 Å². The van der Waals surface area contributed by atoms with E-state index in [4.69, 9.17) is 5.73 Å². The van der Waals surface area contributed by atoms with E-state index in [1.54, 1.807) is 5.51 Å². The highest BCUT2D eigenvalue weighted by Gasteiger charge is 2.07. The maximum atomic E-state index is 11.8. The van der Waals surface area contributed by atoms with Gasteiger partial charge in [-0.05, 0) is 24.6 Å². The molecular formula is C12H14N4OS2. The van der Waals surface area contributed by atoms with Crippen LogP contribution in [0.25, 0.3) is 0 Å². The first-order chi connectivity index (χ1) is 9.16. The topological polar surface area (TPSA) is 80.9 Å². The lowest BCUT2D eigenvalue weighted by Gasteiger charge is -2.09. The van der Waals surface area contributed by atoms with Crippen molar-refractivity contribution in [2.75, 3.05) is 16.8 Å². The third-order valence-electron chi connectivity index (χ3n) is 2.54. The summed E-state index contributed by atoms with van der Waals surface area (Å²) in [5.74, 6) is 0.660. The number of hydrogen-bond donors (Lipinski definition) is 2. The average molecular weight is 294 g/mol. The maximum absolute atomic E-state index is 11.8. The van der Waals surface area contributed by atoms with Crippen LogP contribution in [0.15, 0.2) is 28.0 Å². The summed E-state index contributed by atoms with van der Waals surface area (Å²) in [7, 11) is 0. The van der Waals surface area contributed by atoms with Gasteiger partial charge in [-0.2, -0.15) is 0 Å². The lowest BCUT2D eigenvalue weighted by Crippen LogP contribution is -2.13. The van der Waals surface area contributed by atoms with E-state index in [9.17, 15) is 4.79 Å². The van der Waals surface area contributed by atoms with Gasteiger partial charge in [0.1, 0.15) is 5.51 Å². The molecule has 0 aliphatic rings. The van der Waals surface area contributed by atoms with Crippen molar-refractivity contribution in [2.24, 2.45) is 0 Å². The fourth-order valence-corrected chi connectivity index (χ4v) is 2.96. The fraction of sp³-hybridized carbons (Fsp3) is 0.250. The van der Waals surface area contributed by atoms with Crippen LogP contribution in [-0.4, -0.2) is 21.9 Å². The van der Waals surface area contributed by atoms with Crippen LogP contribution in [0, 0.1) is 6.92 Å². The SMILES string of the molecule is Cc1c(N)cccc1NC(=O)CCSc1nncs1. The monoisotopic (exact) mass is 294 g/mol. The third kappa shape index (κ3) is 3.93. The van der Waals surface area contributed by atoms with E-state index in [1.165, 1.54) is 23.1 Å². The molecule has 0 bridgehead atoms. The third-order valence-corrected chi connectivity index (χ3v) is 4.41. The van der Waals surface area contributed by atoms with E-state index >= 15 is 0 Å². The van der Waals surface area contributed by atoms with Crippen LogP contribution in [0.4, 0.5) is 11.4 Å². The first-order valence-electron chi connectivity index (χ1n) is 5.70. The standard InChI is InChI=1S/C12H14N4OS2/c1-8-9(13)3-2-4-10(8)15-11(17)5-6-18-12-16-14-7-19-12/h2-4,7H,5-6,13H2,1H3,(H,15,17). The molecule has 19 heavy (non-hydrogen) atoms. The molecule has 0 radical (unpaired) electrons. The molecule has 0 atom stereocenters. The summed E-state index contributed by atoms with van der Waals surface area (Å²) in [4.78, 5) is 11.8. The van der Waals surface area contributed by atoms with Crippen LogP contribution >= 0.6 is 23.1 Å². The van der Waals surface area contributed by atoms with E-state index in [2.05, 4.69) is 15.5 Å². The van der Waals surface area contributed by atoms with E-state index in [0.717, 1.165) is 15.6 Å². The van der Waals surface area contributed by atoms with Crippen LogP contribution in [-0.2, 0) is 4.79 Å². The summed E-state index contributed by atoms with van der Waals surface area (Å²) in [6.45, 7) is 1.89. The molecule has 1 aromatic heterocycles. The molecule has 2 aromatic rings. The highest BCUT2D eigenvalue weighted by Crippen LogP contribution is 2.22. The van der Waals surface area contributed by atoms with Crippen molar-refractivity contribution in [2.45, 2.75) is 17.7 Å². The molecule has 1 heterocycles. The molecule has 0 unspecified atom stereocenters. The van der Waals surface area contributed by atoms with Crippen LogP contribution in [0.3, 0.4) is 0 Å². The minimum atomic E-state index is -0.0225. The van der Waals surface area contributed by atoms with Crippen LogP contribution in [0.1, 0.15) is 12.0 Å². The molecule has 5 nitrogen and oxygen atoms in total. The Hall–Kier alpha value is -1.60. The molecule has 1 amide bonds. The second-order valence-electron chi connectivity index (χ2n) is 3.87. The Morgan fingerprint density at radius 3 is 3.11 bits per heavy atom. The molecular weight excluding hydrogens is 280 g/mol. The minimum absolute atomic E-state index is 0.0225. The number of aromatic nitrogens is 2. The molecule has 1 aromatic carbocycles. The molecule has 100 valence electrons. The van der Waals surface area contributed by atoms with Crippen molar-refractivity contribution in [3.8, 4) is 0 Å². The molecule has 0 saturated carbocycles. The molecule has 0 aliphatic heterocycles. The Morgan fingerprint density at radius 1 is 1.53 bits per heavy atom. The number of hydrogen-bond acceptors (Lipinski definition) is 6. The molecule has 0 aliphatic carbocycles. The lowest BCUT2D eigenvalue weighted by atomic mass is 10.1. The normalized spacial score (nSPS) is 10.4. The number of carbonyl (C=O) groups excluding carboxylic acids is 1. The minimum Gasteiger partial charge on any atom is -0.398 e. The van der Waals surface area contributed by atoms with Crippen molar-refractivity contribution in [1.29, 1.82) is 0 Å². The number of benzene rings is 1. The highest BCUT2D eigenvalue weighted by atomic mass is 32.2. The Labute approximate surface area is 119 Å². The van der Waals surface area contributed by atoms with Gasteiger partial charge < -0.3 is 11.1 Å². The number of nitrogens with two attached hydrogens (primary N) is 1. The smallest absolute Gasteiger partial charge is 0.225 e.